The van der Waals surface area contributed by atoms with Gasteiger partial charge in [0.25, 0.3) is 0 Å². The second kappa shape index (κ2) is 8.47. The minimum absolute atomic E-state index is 0.134. The highest BCUT2D eigenvalue weighted by Gasteiger charge is 2.50. The molecular weight excluding hydrogens is 403 g/mol. The molecule has 1 aliphatic rings. The van der Waals surface area contributed by atoms with Crippen LogP contribution < -0.4 is 10.6 Å². The Kier molecular flexibility index (Phi) is 5.86. The number of hydrogen-bond acceptors (Lipinski definition) is 6. The van der Waals surface area contributed by atoms with E-state index in [-0.39, 0.29) is 11.6 Å². The highest BCUT2D eigenvalue weighted by atomic mass is 19.1. The molecule has 3 aromatic rings. The summed E-state index contributed by atoms with van der Waals surface area (Å²) in [6, 6.07) is 13.4. The Hall–Kier alpha value is -3.06. The van der Waals surface area contributed by atoms with E-state index in [1.54, 1.807) is 18.5 Å². The molecule has 0 spiro atoms. The van der Waals surface area contributed by atoms with Crippen LogP contribution in [0.4, 0.5) is 21.8 Å². The molecule has 1 fully saturated rings. The molecule has 32 heavy (non-hydrogen) atoms. The first-order valence-corrected chi connectivity index (χ1v) is 10.9. The highest BCUT2D eigenvalue weighted by Crippen LogP contribution is 2.39. The van der Waals surface area contributed by atoms with Crippen LogP contribution in [0, 0.1) is 0 Å². The third-order valence-electron chi connectivity index (χ3n) is 6.62. The van der Waals surface area contributed by atoms with Gasteiger partial charge in [-0.1, -0.05) is 18.2 Å². The van der Waals surface area contributed by atoms with E-state index in [0.717, 1.165) is 16.8 Å². The number of nitrogens with zero attached hydrogens (tertiary/aromatic N) is 4. The number of piperidine rings is 1. The van der Waals surface area contributed by atoms with Crippen molar-refractivity contribution >= 4 is 17.5 Å². The maximum atomic E-state index is 15.4. The van der Waals surface area contributed by atoms with Gasteiger partial charge in [-0.3, -0.25) is 9.88 Å². The predicted molar refractivity (Wildman–Crippen MR) is 128 cm³/mol. The van der Waals surface area contributed by atoms with Crippen molar-refractivity contribution in [3.8, 4) is 11.1 Å². The summed E-state index contributed by atoms with van der Waals surface area (Å²) in [6.45, 7) is 8.21. The molecule has 0 amide bonds. The van der Waals surface area contributed by atoms with Gasteiger partial charge in [0, 0.05) is 40.9 Å². The maximum absolute atomic E-state index is 15.4. The number of pyridine rings is 1. The van der Waals surface area contributed by atoms with E-state index in [4.69, 9.17) is 0 Å². The van der Waals surface area contributed by atoms with Crippen molar-refractivity contribution < 1.29 is 4.39 Å². The topological polar surface area (TPSA) is 66.0 Å². The minimum atomic E-state index is -1.04. The molecule has 6 nitrogen and oxygen atoms in total. The summed E-state index contributed by atoms with van der Waals surface area (Å²) in [5.74, 6) is 1.06. The van der Waals surface area contributed by atoms with Crippen molar-refractivity contribution in [3.63, 3.8) is 0 Å². The predicted octanol–water partition coefficient (Wildman–Crippen LogP) is 5.29. The first-order valence-electron chi connectivity index (χ1n) is 10.9. The highest BCUT2D eigenvalue weighted by molar-refractivity contribution is 5.69. The molecule has 1 aromatic carbocycles. The lowest BCUT2D eigenvalue weighted by atomic mass is 9.76. The molecule has 168 valence electrons. The second-order valence-corrected chi connectivity index (χ2v) is 9.59. The number of benzene rings is 1. The first-order chi connectivity index (χ1) is 15.2. The van der Waals surface area contributed by atoms with E-state index in [0.29, 0.717) is 18.2 Å². The fraction of sp³-hybridized carbons (Fsp3) is 0.400. The van der Waals surface area contributed by atoms with Gasteiger partial charge in [-0.05, 0) is 71.0 Å². The molecule has 4 rings (SSSR count). The zero-order valence-corrected chi connectivity index (χ0v) is 19.3. The Morgan fingerprint density at radius 2 is 1.81 bits per heavy atom. The summed E-state index contributed by atoms with van der Waals surface area (Å²) < 4.78 is 15.4. The average Bonchev–Trinajstić information content (AvgIpc) is 2.77. The first kappa shape index (κ1) is 22.1. The number of rotatable bonds is 5. The molecule has 2 atom stereocenters. The monoisotopic (exact) mass is 434 g/mol. The van der Waals surface area contributed by atoms with Crippen LogP contribution >= 0.6 is 0 Å². The van der Waals surface area contributed by atoms with E-state index in [1.807, 2.05) is 63.5 Å². The molecule has 0 radical (unpaired) electrons. The molecule has 1 aliphatic heterocycles. The number of alkyl halides is 1. The molecule has 0 aliphatic carbocycles. The fourth-order valence-electron chi connectivity index (χ4n) is 4.49. The van der Waals surface area contributed by atoms with Gasteiger partial charge < -0.3 is 10.6 Å². The third-order valence-corrected chi connectivity index (χ3v) is 6.62. The summed E-state index contributed by atoms with van der Waals surface area (Å²) in [5, 5.41) is 6.58. The van der Waals surface area contributed by atoms with Crippen LogP contribution in [0.5, 0.6) is 0 Å². The lowest BCUT2D eigenvalue weighted by Crippen LogP contribution is -2.67. The summed E-state index contributed by atoms with van der Waals surface area (Å²) in [4.78, 5) is 15.2. The molecule has 0 bridgehead atoms. The molecular formula is C25H31FN6. The van der Waals surface area contributed by atoms with Crippen molar-refractivity contribution in [1.29, 1.82) is 0 Å². The van der Waals surface area contributed by atoms with Gasteiger partial charge in [-0.15, -0.1) is 0 Å². The van der Waals surface area contributed by atoms with Gasteiger partial charge in [0.15, 0.2) is 0 Å². The molecule has 2 unspecified atom stereocenters. The van der Waals surface area contributed by atoms with Crippen LogP contribution in [0.15, 0.2) is 61.1 Å². The van der Waals surface area contributed by atoms with Crippen LogP contribution in [0.1, 0.15) is 34.1 Å². The van der Waals surface area contributed by atoms with Crippen molar-refractivity contribution in [2.75, 3.05) is 17.7 Å². The van der Waals surface area contributed by atoms with Gasteiger partial charge in [-0.2, -0.15) is 4.98 Å². The lowest BCUT2D eigenvalue weighted by Gasteiger charge is -2.55. The van der Waals surface area contributed by atoms with E-state index in [9.17, 15) is 0 Å². The Balaban J connectivity index is 1.51. The second-order valence-electron chi connectivity index (χ2n) is 9.59. The molecule has 7 heteroatoms. The van der Waals surface area contributed by atoms with Crippen molar-refractivity contribution in [2.45, 2.75) is 57.4 Å². The molecule has 2 aromatic heterocycles. The quantitative estimate of drug-likeness (QED) is 0.569. The molecule has 0 saturated carbocycles. The van der Waals surface area contributed by atoms with E-state index in [2.05, 4.69) is 44.3 Å². The van der Waals surface area contributed by atoms with Crippen molar-refractivity contribution in [3.05, 3.63) is 61.1 Å². The smallest absolute Gasteiger partial charge is 0.229 e. The number of likely N-dealkylation sites (tertiary alicyclic amines) is 1. The number of hydrogen-bond donors (Lipinski definition) is 2. The Bertz CT molecular complexity index is 1070. The summed E-state index contributed by atoms with van der Waals surface area (Å²) >= 11 is 0. The third kappa shape index (κ3) is 4.43. The van der Waals surface area contributed by atoms with Gasteiger partial charge in [0.1, 0.15) is 12.0 Å². The SMILES string of the molecule is CN1C(C)(C)CC(Nc2ccnc(Nc3cccc(-c4cccnc4)c3)n2)C(F)C1(C)C. The molecule has 1 saturated heterocycles. The number of aromatic nitrogens is 3. The standard InChI is InChI=1S/C25H31FN6/c1-24(2)15-20(22(26)25(3,4)32(24)5)30-21-11-13-28-23(31-21)29-19-10-6-8-17(14-19)18-9-7-12-27-16-18/h6-14,16,20,22H,15H2,1-5H3,(H2,28,29,30,31). The normalized spacial score (nSPS) is 22.3. The minimum Gasteiger partial charge on any atom is -0.364 e. The van der Waals surface area contributed by atoms with E-state index in [1.165, 1.54) is 0 Å². The van der Waals surface area contributed by atoms with Crippen LogP contribution in [-0.4, -0.2) is 50.2 Å². The Labute approximate surface area is 189 Å². The van der Waals surface area contributed by atoms with Gasteiger partial charge in [-0.25, -0.2) is 9.37 Å². The van der Waals surface area contributed by atoms with Crippen LogP contribution in [0.3, 0.4) is 0 Å². The average molecular weight is 435 g/mol. The van der Waals surface area contributed by atoms with Gasteiger partial charge >= 0.3 is 0 Å². The van der Waals surface area contributed by atoms with Crippen LogP contribution in [0.2, 0.25) is 0 Å². The zero-order valence-electron chi connectivity index (χ0n) is 19.3. The van der Waals surface area contributed by atoms with Crippen LogP contribution in [-0.2, 0) is 0 Å². The van der Waals surface area contributed by atoms with E-state index < -0.39 is 11.7 Å². The van der Waals surface area contributed by atoms with Crippen LogP contribution in [0.25, 0.3) is 11.1 Å². The van der Waals surface area contributed by atoms with E-state index >= 15 is 4.39 Å². The largest absolute Gasteiger partial charge is 0.364 e. The Morgan fingerprint density at radius 3 is 2.56 bits per heavy atom. The van der Waals surface area contributed by atoms with Gasteiger partial charge in [0.05, 0.1) is 6.04 Å². The zero-order chi connectivity index (χ0) is 22.9. The lowest BCUT2D eigenvalue weighted by molar-refractivity contribution is -0.0631. The Morgan fingerprint density at radius 1 is 1.03 bits per heavy atom. The molecule has 3 heterocycles. The number of anilines is 3. The number of nitrogens with one attached hydrogen (secondary N) is 2. The summed E-state index contributed by atoms with van der Waals surface area (Å²) in [7, 11) is 2.00. The number of halogens is 1. The summed E-state index contributed by atoms with van der Waals surface area (Å²) in [5.41, 5.74) is 2.24. The van der Waals surface area contributed by atoms with Crippen molar-refractivity contribution in [2.24, 2.45) is 0 Å². The summed E-state index contributed by atoms with van der Waals surface area (Å²) in [6.07, 6.45) is 4.91. The fourth-order valence-corrected chi connectivity index (χ4v) is 4.49. The maximum Gasteiger partial charge on any atom is 0.229 e. The van der Waals surface area contributed by atoms with Gasteiger partial charge in [0.2, 0.25) is 5.95 Å². The van der Waals surface area contributed by atoms with Crippen molar-refractivity contribution in [1.82, 2.24) is 19.9 Å². The molecule has 2 N–H and O–H groups in total.